The van der Waals surface area contributed by atoms with Crippen LogP contribution >= 0.6 is 0 Å². The first kappa shape index (κ1) is 20.8. The van der Waals surface area contributed by atoms with Crippen LogP contribution in [0.15, 0.2) is 18.2 Å². The fraction of sp³-hybridized carbons (Fsp3) is 0.609. The summed E-state index contributed by atoms with van der Waals surface area (Å²) in [5, 5.41) is 5.54. The molecule has 1 atom stereocenters. The van der Waals surface area contributed by atoms with Gasteiger partial charge in [-0.2, -0.15) is 0 Å². The predicted octanol–water partition coefficient (Wildman–Crippen LogP) is 3.93. The van der Waals surface area contributed by atoms with Crippen molar-refractivity contribution in [2.45, 2.75) is 57.8 Å². The lowest BCUT2D eigenvalue weighted by atomic mass is 9.88. The Kier molecular flexibility index (Phi) is 6.35. The van der Waals surface area contributed by atoms with E-state index >= 15 is 0 Å². The van der Waals surface area contributed by atoms with E-state index < -0.39 is 5.82 Å². The number of likely N-dealkylation sites (tertiary alicyclic amines) is 1. The zero-order chi connectivity index (χ0) is 21.1. The highest BCUT2D eigenvalue weighted by Gasteiger charge is 2.36. The molecular formula is C23H30FN3O3. The van der Waals surface area contributed by atoms with Crippen molar-refractivity contribution in [3.05, 3.63) is 24.0 Å². The first-order valence-corrected chi connectivity index (χ1v) is 11.2. The van der Waals surface area contributed by atoms with Gasteiger partial charge in [-0.15, -0.1) is 0 Å². The van der Waals surface area contributed by atoms with Gasteiger partial charge in [-0.05, 0) is 56.7 Å². The molecule has 1 saturated heterocycles. The molecular weight excluding hydrogens is 385 g/mol. The maximum atomic E-state index is 14.2. The summed E-state index contributed by atoms with van der Waals surface area (Å²) in [7, 11) is 0. The fourth-order valence-electron chi connectivity index (χ4n) is 4.52. The Bertz CT molecular complexity index is 818. The number of hydrogen-bond acceptors (Lipinski definition) is 3. The lowest BCUT2D eigenvalue weighted by Crippen LogP contribution is -2.44. The number of anilines is 2. The van der Waals surface area contributed by atoms with Crippen molar-refractivity contribution in [2.75, 3.05) is 23.7 Å². The SMILES string of the molecule is O=C(Nc1ccc(F)c(NC(=O)C2CCCCC2)c1)C1CCCN(C(=O)C2CC2)C1. The van der Waals surface area contributed by atoms with Crippen molar-refractivity contribution in [3.63, 3.8) is 0 Å². The third kappa shape index (κ3) is 4.99. The van der Waals surface area contributed by atoms with Gasteiger partial charge in [0.05, 0.1) is 11.6 Å². The van der Waals surface area contributed by atoms with E-state index in [-0.39, 0.29) is 41.2 Å². The van der Waals surface area contributed by atoms with E-state index in [4.69, 9.17) is 0 Å². The van der Waals surface area contributed by atoms with Crippen LogP contribution in [0, 0.1) is 23.6 Å². The van der Waals surface area contributed by atoms with Crippen LogP contribution < -0.4 is 10.6 Å². The molecule has 1 heterocycles. The van der Waals surface area contributed by atoms with E-state index in [1.165, 1.54) is 18.2 Å². The lowest BCUT2D eigenvalue weighted by molar-refractivity contribution is -0.135. The number of nitrogens with zero attached hydrogens (tertiary/aromatic N) is 1. The number of hydrogen-bond donors (Lipinski definition) is 2. The van der Waals surface area contributed by atoms with Crippen molar-refractivity contribution in [2.24, 2.45) is 17.8 Å². The molecule has 3 aliphatic rings. The third-order valence-corrected chi connectivity index (χ3v) is 6.50. The van der Waals surface area contributed by atoms with E-state index in [2.05, 4.69) is 10.6 Å². The summed E-state index contributed by atoms with van der Waals surface area (Å²) in [6.07, 6.45) is 8.31. The van der Waals surface area contributed by atoms with Crippen LogP contribution in [0.2, 0.25) is 0 Å². The highest BCUT2D eigenvalue weighted by molar-refractivity contribution is 5.96. The average Bonchev–Trinajstić information content (AvgIpc) is 3.61. The summed E-state index contributed by atoms with van der Waals surface area (Å²) in [6.45, 7) is 1.15. The Morgan fingerprint density at radius 2 is 1.53 bits per heavy atom. The van der Waals surface area contributed by atoms with Gasteiger partial charge < -0.3 is 15.5 Å². The van der Waals surface area contributed by atoms with Crippen molar-refractivity contribution in [1.82, 2.24) is 4.90 Å². The topological polar surface area (TPSA) is 78.5 Å². The zero-order valence-electron chi connectivity index (χ0n) is 17.3. The van der Waals surface area contributed by atoms with Crippen molar-refractivity contribution in [3.8, 4) is 0 Å². The first-order chi connectivity index (χ1) is 14.5. The summed E-state index contributed by atoms with van der Waals surface area (Å²) in [6, 6.07) is 4.24. The van der Waals surface area contributed by atoms with Crippen molar-refractivity contribution < 1.29 is 18.8 Å². The minimum atomic E-state index is -0.518. The predicted molar refractivity (Wildman–Crippen MR) is 112 cm³/mol. The van der Waals surface area contributed by atoms with E-state index in [1.807, 2.05) is 4.90 Å². The molecule has 6 nitrogen and oxygen atoms in total. The lowest BCUT2D eigenvalue weighted by Gasteiger charge is -2.32. The Morgan fingerprint density at radius 3 is 2.27 bits per heavy atom. The fourth-order valence-corrected chi connectivity index (χ4v) is 4.52. The van der Waals surface area contributed by atoms with Crippen LogP contribution in [0.1, 0.15) is 57.8 Å². The van der Waals surface area contributed by atoms with Crippen LogP contribution in [-0.4, -0.2) is 35.7 Å². The van der Waals surface area contributed by atoms with Gasteiger partial charge in [0.15, 0.2) is 0 Å². The Hall–Kier alpha value is -2.44. The molecule has 30 heavy (non-hydrogen) atoms. The Morgan fingerprint density at radius 1 is 0.833 bits per heavy atom. The van der Waals surface area contributed by atoms with Gasteiger partial charge in [-0.1, -0.05) is 19.3 Å². The molecule has 3 fully saturated rings. The van der Waals surface area contributed by atoms with Gasteiger partial charge in [0.25, 0.3) is 0 Å². The second-order valence-corrected chi connectivity index (χ2v) is 8.91. The van der Waals surface area contributed by atoms with Gasteiger partial charge >= 0.3 is 0 Å². The molecule has 0 radical (unpaired) electrons. The summed E-state index contributed by atoms with van der Waals surface area (Å²) < 4.78 is 14.2. The number of amides is 3. The van der Waals surface area contributed by atoms with Gasteiger partial charge in [0, 0.05) is 30.6 Å². The number of benzene rings is 1. The number of carbonyl (C=O) groups excluding carboxylic acids is 3. The average molecular weight is 416 g/mol. The monoisotopic (exact) mass is 415 g/mol. The third-order valence-electron chi connectivity index (χ3n) is 6.50. The number of nitrogens with one attached hydrogen (secondary N) is 2. The summed E-state index contributed by atoms with van der Waals surface area (Å²) in [5.41, 5.74) is 0.545. The number of piperidine rings is 1. The highest BCUT2D eigenvalue weighted by Crippen LogP contribution is 2.33. The van der Waals surface area contributed by atoms with Gasteiger partial charge in [-0.25, -0.2) is 4.39 Å². The molecule has 2 N–H and O–H groups in total. The normalized spacial score (nSPS) is 22.4. The maximum absolute atomic E-state index is 14.2. The standard InChI is InChI=1S/C23H30FN3O3/c24-19-11-10-18(13-20(19)26-21(28)15-5-2-1-3-6-15)25-22(29)17-7-4-12-27(14-17)23(30)16-8-9-16/h10-11,13,15-17H,1-9,12,14H2,(H,25,29)(H,26,28). The second kappa shape index (κ2) is 9.14. The van der Waals surface area contributed by atoms with Crippen molar-refractivity contribution in [1.29, 1.82) is 0 Å². The van der Waals surface area contributed by atoms with Crippen LogP contribution in [0.3, 0.4) is 0 Å². The van der Waals surface area contributed by atoms with E-state index in [1.54, 1.807) is 0 Å². The zero-order valence-corrected chi connectivity index (χ0v) is 17.3. The maximum Gasteiger partial charge on any atom is 0.229 e. The first-order valence-electron chi connectivity index (χ1n) is 11.2. The minimum Gasteiger partial charge on any atom is -0.342 e. The molecule has 4 rings (SSSR count). The second-order valence-electron chi connectivity index (χ2n) is 8.91. The van der Waals surface area contributed by atoms with Gasteiger partial charge in [0.2, 0.25) is 17.7 Å². The number of rotatable bonds is 5. The largest absolute Gasteiger partial charge is 0.342 e. The van der Waals surface area contributed by atoms with E-state index in [0.717, 1.165) is 57.8 Å². The molecule has 0 aromatic heterocycles. The smallest absolute Gasteiger partial charge is 0.229 e. The quantitative estimate of drug-likeness (QED) is 0.765. The molecule has 3 amide bonds. The molecule has 7 heteroatoms. The Balaban J connectivity index is 1.36. The molecule has 1 aliphatic heterocycles. The highest BCUT2D eigenvalue weighted by atomic mass is 19.1. The minimum absolute atomic E-state index is 0.0753. The van der Waals surface area contributed by atoms with E-state index in [9.17, 15) is 18.8 Å². The van der Waals surface area contributed by atoms with Crippen LogP contribution in [0.25, 0.3) is 0 Å². The molecule has 162 valence electrons. The van der Waals surface area contributed by atoms with Crippen LogP contribution in [-0.2, 0) is 14.4 Å². The number of halogens is 1. The Labute approximate surface area is 176 Å². The summed E-state index contributed by atoms with van der Waals surface area (Å²) in [4.78, 5) is 39.3. The van der Waals surface area contributed by atoms with Crippen LogP contribution in [0.4, 0.5) is 15.8 Å². The molecule has 1 aromatic rings. The number of carbonyl (C=O) groups is 3. The molecule has 1 unspecified atom stereocenters. The molecule has 0 spiro atoms. The van der Waals surface area contributed by atoms with Crippen LogP contribution in [0.5, 0.6) is 0 Å². The molecule has 1 aromatic carbocycles. The summed E-state index contributed by atoms with van der Waals surface area (Å²) >= 11 is 0. The van der Waals surface area contributed by atoms with Gasteiger partial charge in [0.1, 0.15) is 5.82 Å². The molecule has 2 aliphatic carbocycles. The van der Waals surface area contributed by atoms with Crippen molar-refractivity contribution >= 4 is 29.1 Å². The molecule has 0 bridgehead atoms. The summed E-state index contributed by atoms with van der Waals surface area (Å²) in [5.74, 6) is -0.865. The van der Waals surface area contributed by atoms with Gasteiger partial charge in [-0.3, -0.25) is 14.4 Å². The van der Waals surface area contributed by atoms with E-state index in [0.29, 0.717) is 18.8 Å². The molecule has 2 saturated carbocycles.